The summed E-state index contributed by atoms with van der Waals surface area (Å²) in [5, 5.41) is 6.94. The number of carbonyl (C=O) groups is 4. The van der Waals surface area contributed by atoms with E-state index in [9.17, 15) is 19.2 Å². The van der Waals surface area contributed by atoms with E-state index in [1.54, 1.807) is 30.4 Å². The molecule has 6 rings (SSSR count). The van der Waals surface area contributed by atoms with Crippen LogP contribution in [-0.4, -0.2) is 69.5 Å². The van der Waals surface area contributed by atoms with Crippen LogP contribution in [0.25, 0.3) is 18.2 Å². The van der Waals surface area contributed by atoms with Crippen molar-refractivity contribution in [3.05, 3.63) is 105 Å². The zero-order valence-corrected chi connectivity index (χ0v) is 33.8. The maximum Gasteiger partial charge on any atom is 0.256 e. The Morgan fingerprint density at radius 1 is 0.679 bits per heavy atom. The van der Waals surface area contributed by atoms with Crippen LogP contribution in [0.15, 0.2) is 77.9 Å². The first kappa shape index (κ1) is 43.7. The van der Waals surface area contributed by atoms with Crippen LogP contribution in [0, 0.1) is 0 Å². The molecule has 3 aromatic carbocycles. The zero-order chi connectivity index (χ0) is 40.3. The number of imide groups is 1. The van der Waals surface area contributed by atoms with Gasteiger partial charge in [-0.05, 0) is 111 Å². The number of nitrogens with one attached hydrogen (secondary N) is 2. The molecule has 0 saturated carbocycles. The molecule has 0 aliphatic carbocycles. The largest absolute Gasteiger partial charge is 0.493 e. The molecule has 0 bridgehead atoms. The molecule has 3 heterocycles. The summed E-state index contributed by atoms with van der Waals surface area (Å²) in [5.74, 6) is 1.03. The summed E-state index contributed by atoms with van der Waals surface area (Å²) in [6.45, 7) is 2.04. The third-order valence-corrected chi connectivity index (χ3v) is 9.98. The number of hydrogen-bond donors (Lipinski definition) is 2. The predicted octanol–water partition coefficient (Wildman–Crippen LogP) is 8.70. The first-order valence-corrected chi connectivity index (χ1v) is 19.7. The van der Waals surface area contributed by atoms with Gasteiger partial charge in [-0.3, -0.25) is 24.1 Å². The summed E-state index contributed by atoms with van der Waals surface area (Å²) in [5.41, 5.74) is 3.76. The number of likely N-dealkylation sites (tertiary alicyclic amines) is 1. The standard InChI is InChI=1S/C25H26ClNO5.C13H14ClNO.C6H11NO/c1-30-21-14-17(15-22(31-2)24(21)32-3)11-12-23(28)27-13-7-6-9-19(25(27)29)16-18-8-4-5-10-20(18)26;14-12-7-2-1-5-10(12)9-11-6-3-4-8-15-13(11)16;8-6-4-2-1-3-5-7-6/h4-5,8,10-12,14-16H,6-7,9,13H2,1-3H3;1-2,5,7,9H,3-4,6,8H2,(H,15,16);1-5H2,(H,7,8)/b12-11+,19-16+;11-9+;. The molecule has 0 spiro atoms. The van der Waals surface area contributed by atoms with E-state index in [1.165, 1.54) is 38.7 Å². The summed E-state index contributed by atoms with van der Waals surface area (Å²) in [7, 11) is 4.58. The quantitative estimate of drug-likeness (QED) is 0.229. The van der Waals surface area contributed by atoms with Crippen LogP contribution in [-0.2, 0) is 19.2 Å². The molecular formula is C44H51Cl2N3O7. The lowest BCUT2D eigenvalue weighted by molar-refractivity contribution is -0.139. The second-order valence-corrected chi connectivity index (χ2v) is 14.1. The predicted molar refractivity (Wildman–Crippen MR) is 223 cm³/mol. The van der Waals surface area contributed by atoms with Gasteiger partial charge in [0.2, 0.25) is 17.6 Å². The highest BCUT2D eigenvalue weighted by molar-refractivity contribution is 6.32. The number of rotatable bonds is 7. The van der Waals surface area contributed by atoms with Crippen LogP contribution in [0.4, 0.5) is 0 Å². The van der Waals surface area contributed by atoms with Gasteiger partial charge in [0.25, 0.3) is 11.8 Å². The van der Waals surface area contributed by atoms with Gasteiger partial charge in [0.1, 0.15) is 0 Å². The van der Waals surface area contributed by atoms with E-state index in [4.69, 9.17) is 37.4 Å². The maximum atomic E-state index is 13.1. The van der Waals surface area contributed by atoms with E-state index < -0.39 is 0 Å². The maximum absolute atomic E-state index is 13.1. The topological polar surface area (TPSA) is 123 Å². The number of methoxy groups -OCH3 is 3. The minimum Gasteiger partial charge on any atom is -0.493 e. The fraction of sp³-hybridized carbons (Fsp3) is 0.364. The Bertz CT molecular complexity index is 1890. The molecule has 0 radical (unpaired) electrons. The van der Waals surface area contributed by atoms with Crippen LogP contribution in [0.1, 0.15) is 80.9 Å². The lowest BCUT2D eigenvalue weighted by Crippen LogP contribution is -2.36. The van der Waals surface area contributed by atoms with E-state index >= 15 is 0 Å². The molecular weight excluding hydrogens is 753 g/mol. The van der Waals surface area contributed by atoms with E-state index in [1.807, 2.05) is 48.5 Å². The van der Waals surface area contributed by atoms with Crippen molar-refractivity contribution in [3.63, 3.8) is 0 Å². The second kappa shape index (κ2) is 23.1. The number of benzene rings is 3. The van der Waals surface area contributed by atoms with Gasteiger partial charge >= 0.3 is 0 Å². The molecule has 3 fully saturated rings. The Labute approximate surface area is 339 Å². The van der Waals surface area contributed by atoms with Gasteiger partial charge < -0.3 is 24.8 Å². The number of nitrogens with zero attached hydrogens (tertiary/aromatic N) is 1. The summed E-state index contributed by atoms with van der Waals surface area (Å²) in [6.07, 6.45) is 16.0. The summed E-state index contributed by atoms with van der Waals surface area (Å²) < 4.78 is 16.0. The fourth-order valence-electron chi connectivity index (χ4n) is 6.24. The number of carbonyl (C=O) groups excluding carboxylic acids is 4. The molecule has 10 nitrogen and oxygen atoms in total. The minimum atomic E-state index is -0.379. The molecule has 12 heteroatoms. The summed E-state index contributed by atoms with van der Waals surface area (Å²) in [4.78, 5) is 49.6. The molecule has 0 atom stereocenters. The van der Waals surface area contributed by atoms with Crippen molar-refractivity contribution < 1.29 is 33.4 Å². The zero-order valence-electron chi connectivity index (χ0n) is 32.3. The molecule has 3 aromatic rings. The SMILES string of the molecule is COc1cc(/C=C/C(=O)N2CCCC/C(=C\c3ccccc3Cl)C2=O)cc(OC)c1OC.O=C1CCCCCN1.O=C1NCCCC/C1=C\c1ccccc1Cl. The normalized spacial score (nSPS) is 17.6. The lowest BCUT2D eigenvalue weighted by atomic mass is 10.1. The molecule has 2 N–H and O–H groups in total. The first-order valence-electron chi connectivity index (χ1n) is 18.9. The molecule has 0 aromatic heterocycles. The van der Waals surface area contributed by atoms with E-state index in [0.29, 0.717) is 51.4 Å². The lowest BCUT2D eigenvalue weighted by Gasteiger charge is -2.17. The Hall–Kier alpha value is -5.06. The Kier molecular flexibility index (Phi) is 18.0. The van der Waals surface area contributed by atoms with Crippen LogP contribution >= 0.6 is 23.2 Å². The van der Waals surface area contributed by atoms with Gasteiger partial charge in [-0.1, -0.05) is 66.0 Å². The average Bonchev–Trinajstić information content (AvgIpc) is 3.66. The van der Waals surface area contributed by atoms with Crippen LogP contribution < -0.4 is 24.8 Å². The number of ether oxygens (including phenoxy) is 3. The molecule has 3 aliphatic heterocycles. The van der Waals surface area contributed by atoms with Crippen LogP contribution in [0.3, 0.4) is 0 Å². The highest BCUT2D eigenvalue weighted by Gasteiger charge is 2.26. The molecule has 298 valence electrons. The Balaban J connectivity index is 0.000000237. The van der Waals surface area contributed by atoms with E-state index in [-0.39, 0.29) is 23.6 Å². The third kappa shape index (κ3) is 13.3. The van der Waals surface area contributed by atoms with Gasteiger partial charge in [-0.2, -0.15) is 0 Å². The smallest absolute Gasteiger partial charge is 0.256 e. The summed E-state index contributed by atoms with van der Waals surface area (Å²) in [6, 6.07) is 18.4. The highest BCUT2D eigenvalue weighted by Crippen LogP contribution is 2.38. The van der Waals surface area contributed by atoms with Crippen molar-refractivity contribution in [2.75, 3.05) is 41.0 Å². The first-order chi connectivity index (χ1) is 27.1. The minimum absolute atomic E-state index is 0.0393. The average molecular weight is 805 g/mol. The third-order valence-electron chi connectivity index (χ3n) is 9.29. The number of hydrogen-bond acceptors (Lipinski definition) is 7. The van der Waals surface area contributed by atoms with Crippen LogP contribution in [0.2, 0.25) is 10.0 Å². The van der Waals surface area contributed by atoms with Crippen LogP contribution in [0.5, 0.6) is 17.2 Å². The van der Waals surface area contributed by atoms with Gasteiger partial charge in [0, 0.05) is 53.3 Å². The van der Waals surface area contributed by atoms with Crippen molar-refractivity contribution in [1.29, 1.82) is 0 Å². The number of halogens is 2. The van der Waals surface area contributed by atoms with Gasteiger partial charge in [-0.15, -0.1) is 0 Å². The van der Waals surface area contributed by atoms with E-state index in [0.717, 1.165) is 81.2 Å². The number of amides is 4. The van der Waals surface area contributed by atoms with Crippen molar-refractivity contribution in [2.24, 2.45) is 0 Å². The molecule has 56 heavy (non-hydrogen) atoms. The second-order valence-electron chi connectivity index (χ2n) is 13.3. The fourth-order valence-corrected chi connectivity index (χ4v) is 6.62. The molecule has 0 unspecified atom stereocenters. The van der Waals surface area contributed by atoms with Gasteiger partial charge in [0.15, 0.2) is 11.5 Å². The highest BCUT2D eigenvalue weighted by atomic mass is 35.5. The molecule has 3 aliphatic rings. The van der Waals surface area contributed by atoms with E-state index in [2.05, 4.69) is 10.6 Å². The van der Waals surface area contributed by atoms with Crippen molar-refractivity contribution in [3.8, 4) is 17.2 Å². The molecule has 3 saturated heterocycles. The molecule has 4 amide bonds. The Morgan fingerprint density at radius 2 is 1.23 bits per heavy atom. The van der Waals surface area contributed by atoms with Gasteiger partial charge in [0.05, 0.1) is 21.3 Å². The Morgan fingerprint density at radius 3 is 1.86 bits per heavy atom. The van der Waals surface area contributed by atoms with Crippen molar-refractivity contribution in [1.82, 2.24) is 15.5 Å². The van der Waals surface area contributed by atoms with Gasteiger partial charge in [-0.25, -0.2) is 0 Å². The summed E-state index contributed by atoms with van der Waals surface area (Å²) >= 11 is 12.3. The van der Waals surface area contributed by atoms with Crippen molar-refractivity contribution in [2.45, 2.75) is 64.2 Å². The van der Waals surface area contributed by atoms with Crippen molar-refractivity contribution >= 4 is 65.1 Å². The monoisotopic (exact) mass is 803 g/mol.